The van der Waals surface area contributed by atoms with Crippen LogP contribution < -0.4 is 11.5 Å². The molecule has 110 valence electrons. The second-order valence-corrected chi connectivity index (χ2v) is 6.08. The zero-order valence-electron chi connectivity index (χ0n) is 12.6. The van der Waals surface area contributed by atoms with Crippen LogP contribution >= 0.6 is 0 Å². The Morgan fingerprint density at radius 3 is 0.889 bits per heavy atom. The second kappa shape index (κ2) is 8.86. The van der Waals surface area contributed by atoms with Gasteiger partial charge in [-0.2, -0.15) is 0 Å². The van der Waals surface area contributed by atoms with E-state index in [0.717, 1.165) is 26.4 Å². The molecule has 0 bridgehead atoms. The van der Waals surface area contributed by atoms with Gasteiger partial charge in [-0.25, -0.2) is 0 Å². The maximum atomic E-state index is 5.69. The molecule has 2 heterocycles. The van der Waals surface area contributed by atoms with Crippen LogP contribution in [0, 0.1) is 0 Å². The molecule has 0 atom stereocenters. The summed E-state index contributed by atoms with van der Waals surface area (Å²) in [6.45, 7) is 11.7. The zero-order valence-corrected chi connectivity index (χ0v) is 12.6. The highest BCUT2D eigenvalue weighted by molar-refractivity contribution is 4.93. The van der Waals surface area contributed by atoms with E-state index in [4.69, 9.17) is 20.9 Å². The van der Waals surface area contributed by atoms with Crippen molar-refractivity contribution in [3.05, 3.63) is 0 Å². The van der Waals surface area contributed by atoms with Gasteiger partial charge in [0.05, 0.1) is 0 Å². The Bertz CT molecular complexity index is 150. The first-order chi connectivity index (χ1) is 8.25. The number of ether oxygens (including phenoxy) is 2. The van der Waals surface area contributed by atoms with E-state index in [0.29, 0.717) is 0 Å². The molecule has 18 heavy (non-hydrogen) atoms. The molecule has 0 radical (unpaired) electrons. The topological polar surface area (TPSA) is 70.5 Å². The summed E-state index contributed by atoms with van der Waals surface area (Å²) in [5.74, 6) is 0. The van der Waals surface area contributed by atoms with Crippen LogP contribution in [0.4, 0.5) is 0 Å². The van der Waals surface area contributed by atoms with Crippen LogP contribution in [-0.4, -0.2) is 37.5 Å². The molecule has 0 spiro atoms. The lowest BCUT2D eigenvalue weighted by atomic mass is 9.85. The van der Waals surface area contributed by atoms with E-state index in [9.17, 15) is 0 Å². The van der Waals surface area contributed by atoms with Crippen LogP contribution in [0.2, 0.25) is 0 Å². The van der Waals surface area contributed by atoms with E-state index in [1.807, 2.05) is 27.7 Å². The van der Waals surface area contributed by atoms with Crippen molar-refractivity contribution >= 4 is 0 Å². The summed E-state index contributed by atoms with van der Waals surface area (Å²) in [5.41, 5.74) is 10.8. The molecule has 2 aliphatic rings. The highest BCUT2D eigenvalue weighted by Crippen LogP contribution is 2.13. The summed E-state index contributed by atoms with van der Waals surface area (Å²) in [6, 6.07) is 0. The molecule has 2 aliphatic heterocycles. The fourth-order valence-corrected chi connectivity index (χ4v) is 1.02. The highest BCUT2D eigenvalue weighted by Gasteiger charge is 2.28. The predicted molar refractivity (Wildman–Crippen MR) is 76.6 cm³/mol. The number of hydrogen-bond acceptors (Lipinski definition) is 4. The summed E-state index contributed by atoms with van der Waals surface area (Å²) in [4.78, 5) is 0. The highest BCUT2D eigenvalue weighted by atomic mass is 16.5. The van der Waals surface area contributed by atoms with Gasteiger partial charge in [-0.3, -0.25) is 0 Å². The lowest BCUT2D eigenvalue weighted by Gasteiger charge is -2.34. The molecule has 2 rings (SSSR count). The van der Waals surface area contributed by atoms with Gasteiger partial charge < -0.3 is 20.9 Å². The fourth-order valence-electron chi connectivity index (χ4n) is 1.02. The van der Waals surface area contributed by atoms with Crippen molar-refractivity contribution in [1.29, 1.82) is 0 Å². The average Bonchev–Trinajstić information content (AvgIpc) is 2.95. The van der Waals surface area contributed by atoms with Gasteiger partial charge in [-0.15, -0.1) is 0 Å². The van der Waals surface area contributed by atoms with E-state index in [2.05, 4.69) is 0 Å². The molecule has 0 amide bonds. The van der Waals surface area contributed by atoms with Crippen molar-refractivity contribution in [2.45, 2.75) is 64.5 Å². The van der Waals surface area contributed by atoms with Crippen LogP contribution in [0.15, 0.2) is 0 Å². The molecule has 0 saturated carbocycles. The van der Waals surface area contributed by atoms with Gasteiger partial charge >= 0.3 is 0 Å². The van der Waals surface area contributed by atoms with E-state index < -0.39 is 0 Å². The molecule has 4 nitrogen and oxygen atoms in total. The van der Waals surface area contributed by atoms with E-state index in [1.54, 1.807) is 0 Å². The Morgan fingerprint density at radius 2 is 0.833 bits per heavy atom. The smallest absolute Gasteiger partial charge is 0.0466 e. The van der Waals surface area contributed by atoms with Crippen molar-refractivity contribution in [3.8, 4) is 0 Å². The van der Waals surface area contributed by atoms with Crippen LogP contribution in [0.1, 0.15) is 53.4 Å². The lowest BCUT2D eigenvalue weighted by molar-refractivity contribution is 0.198. The molecule has 4 heteroatoms. The van der Waals surface area contributed by atoms with Gasteiger partial charge in [0.25, 0.3) is 0 Å². The molecule has 0 aromatic rings. The first-order valence-corrected chi connectivity index (χ1v) is 6.98. The van der Waals surface area contributed by atoms with Gasteiger partial charge in [0.2, 0.25) is 0 Å². The average molecular weight is 260 g/mol. The largest absolute Gasteiger partial charge is 0.381 e. The van der Waals surface area contributed by atoms with Crippen molar-refractivity contribution in [3.63, 3.8) is 0 Å². The SMILES string of the molecule is C1CCOC1.C1CCOC1.CC(C)(N)C(C)(C)N. The molecular weight excluding hydrogens is 228 g/mol. The number of rotatable bonds is 1. The van der Waals surface area contributed by atoms with Gasteiger partial charge in [-0.05, 0) is 53.4 Å². The lowest BCUT2D eigenvalue weighted by Crippen LogP contribution is -2.58. The number of hydrogen-bond donors (Lipinski definition) is 2. The Balaban J connectivity index is 0.000000250. The minimum absolute atomic E-state index is 0.285. The zero-order chi connectivity index (χ0) is 14.1. The Hall–Kier alpha value is -0.160. The normalized spacial score (nSPS) is 19.7. The first-order valence-electron chi connectivity index (χ1n) is 6.98. The third-order valence-electron chi connectivity index (χ3n) is 3.32. The molecule has 0 aromatic carbocycles. The Labute approximate surface area is 112 Å². The predicted octanol–water partition coefficient (Wildman–Crippen LogP) is 2.05. The van der Waals surface area contributed by atoms with Crippen LogP contribution in [0.5, 0.6) is 0 Å². The van der Waals surface area contributed by atoms with Gasteiger partial charge in [0, 0.05) is 37.5 Å². The Kier molecular flexibility index (Phi) is 8.78. The maximum Gasteiger partial charge on any atom is 0.0466 e. The molecular formula is C14H32N2O2. The van der Waals surface area contributed by atoms with Gasteiger partial charge in [0.1, 0.15) is 0 Å². The molecule has 0 aromatic heterocycles. The maximum absolute atomic E-state index is 5.69. The first kappa shape index (κ1) is 17.8. The van der Waals surface area contributed by atoms with Crippen molar-refractivity contribution in [2.75, 3.05) is 26.4 Å². The number of nitrogens with two attached hydrogens (primary N) is 2. The third-order valence-corrected chi connectivity index (χ3v) is 3.32. The molecule has 2 fully saturated rings. The fraction of sp³-hybridized carbons (Fsp3) is 1.00. The minimum Gasteiger partial charge on any atom is -0.381 e. The molecule has 0 aliphatic carbocycles. The Morgan fingerprint density at radius 1 is 0.611 bits per heavy atom. The van der Waals surface area contributed by atoms with Crippen molar-refractivity contribution < 1.29 is 9.47 Å². The molecule has 2 saturated heterocycles. The van der Waals surface area contributed by atoms with Crippen molar-refractivity contribution in [1.82, 2.24) is 0 Å². The monoisotopic (exact) mass is 260 g/mol. The third kappa shape index (κ3) is 9.83. The minimum atomic E-state index is -0.285. The van der Waals surface area contributed by atoms with E-state index in [-0.39, 0.29) is 11.1 Å². The van der Waals surface area contributed by atoms with E-state index in [1.165, 1.54) is 25.7 Å². The summed E-state index contributed by atoms with van der Waals surface area (Å²) in [7, 11) is 0. The van der Waals surface area contributed by atoms with Gasteiger partial charge in [0.15, 0.2) is 0 Å². The van der Waals surface area contributed by atoms with Crippen molar-refractivity contribution in [2.24, 2.45) is 11.5 Å². The summed E-state index contributed by atoms with van der Waals surface area (Å²) < 4.78 is 9.89. The second-order valence-electron chi connectivity index (χ2n) is 6.08. The van der Waals surface area contributed by atoms with Crippen LogP contribution in [0.25, 0.3) is 0 Å². The summed E-state index contributed by atoms with van der Waals surface area (Å²) in [5, 5.41) is 0. The van der Waals surface area contributed by atoms with Crippen LogP contribution in [0.3, 0.4) is 0 Å². The molecule has 4 N–H and O–H groups in total. The quantitative estimate of drug-likeness (QED) is 0.757. The van der Waals surface area contributed by atoms with E-state index >= 15 is 0 Å². The summed E-state index contributed by atoms with van der Waals surface area (Å²) >= 11 is 0. The van der Waals surface area contributed by atoms with Crippen LogP contribution in [-0.2, 0) is 9.47 Å². The standard InChI is InChI=1S/C6H16N2.2C4H8O/c1-5(2,7)6(3,4)8;2*1-2-4-5-3-1/h7-8H2,1-4H3;2*1-4H2. The summed E-state index contributed by atoms with van der Waals surface area (Å²) in [6.07, 6.45) is 5.11. The van der Waals surface area contributed by atoms with Gasteiger partial charge in [-0.1, -0.05) is 0 Å². The molecule has 0 unspecified atom stereocenters.